The van der Waals surface area contributed by atoms with Crippen molar-refractivity contribution in [3.05, 3.63) is 47.8 Å². The van der Waals surface area contributed by atoms with Crippen LogP contribution in [0.15, 0.2) is 41.3 Å². The Bertz CT molecular complexity index is 1020. The Morgan fingerprint density at radius 3 is 2.74 bits per heavy atom. The van der Waals surface area contributed by atoms with E-state index in [-0.39, 0.29) is 21.7 Å². The summed E-state index contributed by atoms with van der Waals surface area (Å²) in [5.41, 5.74) is -0.162. The van der Waals surface area contributed by atoms with E-state index in [1.54, 1.807) is 6.07 Å². The van der Waals surface area contributed by atoms with Gasteiger partial charge in [-0.15, -0.1) is 0 Å². The highest BCUT2D eigenvalue weighted by Crippen LogP contribution is 2.25. The number of rotatable bonds is 4. The maximum atomic E-state index is 13.3. The molecule has 118 valence electrons. The summed E-state index contributed by atoms with van der Waals surface area (Å²) >= 11 is 0.854. The summed E-state index contributed by atoms with van der Waals surface area (Å²) in [5.74, 6) is -2.14. The molecular formula is C13H8FN3O4S2. The van der Waals surface area contributed by atoms with Gasteiger partial charge in [-0.2, -0.15) is 8.75 Å². The van der Waals surface area contributed by atoms with Crippen LogP contribution in [0, 0.1) is 5.82 Å². The van der Waals surface area contributed by atoms with E-state index in [1.807, 2.05) is 0 Å². The third-order valence-electron chi connectivity index (χ3n) is 2.99. The van der Waals surface area contributed by atoms with E-state index >= 15 is 0 Å². The van der Waals surface area contributed by atoms with Gasteiger partial charge in [-0.25, -0.2) is 17.6 Å². The predicted molar refractivity (Wildman–Crippen MR) is 81.6 cm³/mol. The van der Waals surface area contributed by atoms with Crippen molar-refractivity contribution >= 4 is 44.4 Å². The van der Waals surface area contributed by atoms with Crippen LogP contribution in [0.3, 0.4) is 0 Å². The summed E-state index contributed by atoms with van der Waals surface area (Å²) in [6.45, 7) is 0. The fraction of sp³-hybridized carbons (Fsp3) is 0. The number of halogens is 1. The third-order valence-corrected chi connectivity index (χ3v) is 4.93. The van der Waals surface area contributed by atoms with E-state index in [9.17, 15) is 17.6 Å². The minimum Gasteiger partial charge on any atom is -0.478 e. The average molecular weight is 353 g/mol. The molecule has 0 aliphatic heterocycles. The average Bonchev–Trinajstić information content (AvgIpc) is 2.94. The molecule has 0 saturated heterocycles. The first kappa shape index (κ1) is 15.3. The van der Waals surface area contributed by atoms with E-state index in [1.165, 1.54) is 12.1 Å². The number of nitrogens with zero attached hydrogens (tertiary/aromatic N) is 2. The van der Waals surface area contributed by atoms with Crippen molar-refractivity contribution in [2.45, 2.75) is 4.90 Å². The number of sulfonamides is 1. The molecule has 10 heteroatoms. The van der Waals surface area contributed by atoms with Crippen molar-refractivity contribution in [1.82, 2.24) is 8.75 Å². The maximum absolute atomic E-state index is 13.3. The lowest BCUT2D eigenvalue weighted by Crippen LogP contribution is -2.16. The highest BCUT2D eigenvalue weighted by atomic mass is 32.2. The topological polar surface area (TPSA) is 109 Å². The molecule has 0 atom stereocenters. The highest BCUT2D eigenvalue weighted by molar-refractivity contribution is 7.93. The fourth-order valence-electron chi connectivity index (χ4n) is 1.99. The van der Waals surface area contributed by atoms with Gasteiger partial charge in [0.25, 0.3) is 10.0 Å². The SMILES string of the molecule is O=C(O)c1ccc(F)cc1NS(=O)(=O)c1cccc2nsnc12. The largest absolute Gasteiger partial charge is 0.478 e. The van der Waals surface area contributed by atoms with Crippen molar-refractivity contribution < 1.29 is 22.7 Å². The van der Waals surface area contributed by atoms with Gasteiger partial charge in [-0.05, 0) is 30.3 Å². The van der Waals surface area contributed by atoms with Crippen LogP contribution in [0.2, 0.25) is 0 Å². The monoisotopic (exact) mass is 353 g/mol. The molecule has 1 heterocycles. The van der Waals surface area contributed by atoms with E-state index in [0.717, 1.165) is 29.9 Å². The molecule has 3 rings (SSSR count). The number of hydrogen-bond acceptors (Lipinski definition) is 6. The van der Waals surface area contributed by atoms with Crippen LogP contribution in [0.25, 0.3) is 11.0 Å². The van der Waals surface area contributed by atoms with Crippen molar-refractivity contribution in [1.29, 1.82) is 0 Å². The molecule has 3 aromatic rings. The lowest BCUT2D eigenvalue weighted by molar-refractivity contribution is 0.0698. The molecule has 0 radical (unpaired) electrons. The van der Waals surface area contributed by atoms with Crippen molar-refractivity contribution in [3.63, 3.8) is 0 Å². The van der Waals surface area contributed by atoms with E-state index in [2.05, 4.69) is 13.5 Å². The number of benzene rings is 2. The van der Waals surface area contributed by atoms with Gasteiger partial charge in [0.1, 0.15) is 21.7 Å². The molecule has 0 spiro atoms. The smallest absolute Gasteiger partial charge is 0.337 e. The second-order valence-electron chi connectivity index (χ2n) is 4.49. The van der Waals surface area contributed by atoms with Gasteiger partial charge in [0.15, 0.2) is 0 Å². The Hall–Kier alpha value is -2.59. The second kappa shape index (κ2) is 5.56. The first-order valence-corrected chi connectivity index (χ1v) is 8.37. The second-order valence-corrected chi connectivity index (χ2v) is 6.67. The normalized spacial score (nSPS) is 11.5. The first-order valence-electron chi connectivity index (χ1n) is 6.15. The molecule has 2 N–H and O–H groups in total. The Morgan fingerprint density at radius 1 is 1.22 bits per heavy atom. The number of nitrogens with one attached hydrogen (secondary N) is 1. The molecule has 1 aromatic heterocycles. The number of anilines is 1. The molecule has 2 aromatic carbocycles. The van der Waals surface area contributed by atoms with E-state index < -0.39 is 21.8 Å². The van der Waals surface area contributed by atoms with Crippen molar-refractivity contribution in [2.24, 2.45) is 0 Å². The molecule has 0 fully saturated rings. The maximum Gasteiger partial charge on any atom is 0.337 e. The number of aromatic carboxylic acids is 1. The molecule has 0 amide bonds. The molecule has 0 bridgehead atoms. The van der Waals surface area contributed by atoms with E-state index in [0.29, 0.717) is 5.52 Å². The highest BCUT2D eigenvalue weighted by Gasteiger charge is 2.22. The zero-order valence-electron chi connectivity index (χ0n) is 11.2. The van der Waals surface area contributed by atoms with Crippen molar-refractivity contribution in [2.75, 3.05) is 4.72 Å². The van der Waals surface area contributed by atoms with Crippen LogP contribution in [-0.2, 0) is 10.0 Å². The lowest BCUT2D eigenvalue weighted by Gasteiger charge is -2.11. The van der Waals surface area contributed by atoms with Gasteiger partial charge < -0.3 is 5.11 Å². The number of carboxylic acid groups (broad SMARTS) is 1. The zero-order chi connectivity index (χ0) is 16.6. The van der Waals surface area contributed by atoms with Gasteiger partial charge in [-0.1, -0.05) is 6.07 Å². The third kappa shape index (κ3) is 2.85. The lowest BCUT2D eigenvalue weighted by atomic mass is 10.2. The van der Waals surface area contributed by atoms with Crippen LogP contribution in [0.4, 0.5) is 10.1 Å². The van der Waals surface area contributed by atoms with Crippen molar-refractivity contribution in [3.8, 4) is 0 Å². The number of carbonyl (C=O) groups is 1. The first-order chi connectivity index (χ1) is 10.9. The van der Waals surface area contributed by atoms with Gasteiger partial charge in [0.05, 0.1) is 23.0 Å². The Morgan fingerprint density at radius 2 is 2.00 bits per heavy atom. The fourth-order valence-corrected chi connectivity index (χ4v) is 3.82. The Balaban J connectivity index is 2.11. The molecule has 0 saturated carbocycles. The summed E-state index contributed by atoms with van der Waals surface area (Å²) in [5, 5.41) is 9.08. The van der Waals surface area contributed by atoms with Crippen LogP contribution >= 0.6 is 11.7 Å². The zero-order valence-corrected chi connectivity index (χ0v) is 12.9. The van der Waals surface area contributed by atoms with E-state index in [4.69, 9.17) is 5.11 Å². The molecule has 0 aliphatic rings. The molecule has 7 nitrogen and oxygen atoms in total. The predicted octanol–water partition coefficient (Wildman–Crippen LogP) is 2.33. The van der Waals surface area contributed by atoms with Crippen LogP contribution < -0.4 is 4.72 Å². The standard InChI is InChI=1S/C13H8FN3O4S2/c14-7-4-5-8(13(18)19)10(6-7)17-23(20,21)11-3-1-2-9-12(11)16-22-15-9/h1-6,17H,(H,18,19). The number of hydrogen-bond donors (Lipinski definition) is 2. The summed E-state index contributed by atoms with van der Waals surface area (Å²) in [7, 11) is -4.16. The molecule has 23 heavy (non-hydrogen) atoms. The van der Waals surface area contributed by atoms with Crippen LogP contribution in [-0.4, -0.2) is 28.2 Å². The molecule has 0 aliphatic carbocycles. The van der Waals surface area contributed by atoms with Crippen LogP contribution in [0.5, 0.6) is 0 Å². The minimum atomic E-state index is -4.16. The van der Waals surface area contributed by atoms with Gasteiger partial charge >= 0.3 is 5.97 Å². The molecular weight excluding hydrogens is 345 g/mol. The van der Waals surface area contributed by atoms with Gasteiger partial charge in [-0.3, -0.25) is 4.72 Å². The summed E-state index contributed by atoms with van der Waals surface area (Å²) in [4.78, 5) is 11.0. The van der Waals surface area contributed by atoms with Gasteiger partial charge in [0, 0.05) is 0 Å². The number of fused-ring (bicyclic) bond motifs is 1. The minimum absolute atomic E-state index is 0.163. The number of carboxylic acids is 1. The summed E-state index contributed by atoms with van der Waals surface area (Å²) in [6, 6.07) is 7.13. The number of aromatic nitrogens is 2. The van der Waals surface area contributed by atoms with Gasteiger partial charge in [0.2, 0.25) is 0 Å². The summed E-state index contributed by atoms with van der Waals surface area (Å²) in [6.07, 6.45) is 0. The Labute approximate surface area is 133 Å². The van der Waals surface area contributed by atoms with Crippen LogP contribution in [0.1, 0.15) is 10.4 Å². The quantitative estimate of drug-likeness (QED) is 0.745. The Kier molecular flexibility index (Phi) is 3.70. The molecule has 0 unspecified atom stereocenters. The summed E-state index contributed by atoms with van der Waals surface area (Å²) < 4.78 is 48.3.